The highest BCUT2D eigenvalue weighted by Crippen LogP contribution is 2.30. The van der Waals surface area contributed by atoms with Crippen LogP contribution >= 0.6 is 0 Å². The minimum Gasteiger partial charge on any atom is -0.481 e. The number of ether oxygens (including phenoxy) is 1. The van der Waals surface area contributed by atoms with E-state index in [0.717, 1.165) is 29.5 Å². The Bertz CT molecular complexity index is 1060. The average Bonchev–Trinajstić information content (AvgIpc) is 3.68. The molecule has 5 heteroatoms. The van der Waals surface area contributed by atoms with Crippen LogP contribution in [-0.2, 0) is 11.3 Å². The van der Waals surface area contributed by atoms with Crippen LogP contribution in [0, 0.1) is 0 Å². The highest BCUT2D eigenvalue weighted by molar-refractivity contribution is 5.94. The van der Waals surface area contributed by atoms with Gasteiger partial charge < -0.3 is 15.0 Å². The van der Waals surface area contributed by atoms with E-state index in [1.807, 2.05) is 59.5 Å². The molecule has 1 N–H and O–H groups in total. The number of amides is 2. The molecule has 3 aromatic carbocycles. The lowest BCUT2D eigenvalue weighted by Crippen LogP contribution is -2.41. The van der Waals surface area contributed by atoms with E-state index in [1.165, 1.54) is 0 Å². The second-order valence-electron chi connectivity index (χ2n) is 8.12. The maximum absolute atomic E-state index is 13.2. The summed E-state index contributed by atoms with van der Waals surface area (Å²) in [5.41, 5.74) is 3.86. The molecule has 0 radical (unpaired) electrons. The van der Waals surface area contributed by atoms with E-state index in [4.69, 9.17) is 4.74 Å². The fraction of sp³-hybridized carbons (Fsp3) is 0.259. The Balaban J connectivity index is 1.40. The Morgan fingerprint density at radius 2 is 1.56 bits per heavy atom. The lowest BCUT2D eigenvalue weighted by atomic mass is 10.1. The van der Waals surface area contributed by atoms with E-state index in [9.17, 15) is 9.59 Å². The number of hydrogen-bond acceptors (Lipinski definition) is 3. The van der Waals surface area contributed by atoms with Crippen molar-refractivity contribution in [2.45, 2.75) is 38.5 Å². The number of hydrogen-bond donors (Lipinski definition) is 1. The van der Waals surface area contributed by atoms with Gasteiger partial charge in [-0.1, -0.05) is 54.6 Å². The van der Waals surface area contributed by atoms with Gasteiger partial charge in [-0.25, -0.2) is 0 Å². The van der Waals surface area contributed by atoms with Gasteiger partial charge in [0.2, 0.25) is 0 Å². The second-order valence-corrected chi connectivity index (χ2v) is 8.12. The zero-order valence-corrected chi connectivity index (χ0v) is 18.5. The van der Waals surface area contributed by atoms with Crippen LogP contribution in [0.25, 0.3) is 11.1 Å². The summed E-state index contributed by atoms with van der Waals surface area (Å²) in [6.07, 6.45) is 1.45. The monoisotopic (exact) mass is 428 g/mol. The fourth-order valence-electron chi connectivity index (χ4n) is 3.72. The minimum atomic E-state index is -0.580. The first-order valence-corrected chi connectivity index (χ1v) is 11.0. The van der Waals surface area contributed by atoms with Crippen molar-refractivity contribution in [2.24, 2.45) is 0 Å². The molecule has 1 atom stereocenters. The number of nitrogens with zero attached hydrogens (tertiary/aromatic N) is 1. The summed E-state index contributed by atoms with van der Waals surface area (Å²) in [5.74, 6) is 0.540. The minimum absolute atomic E-state index is 0.0185. The molecule has 0 heterocycles. The number of carbonyl (C=O) groups is 2. The SMILES string of the molecule is CNC(=O)c1ccc(CN(C(=O)[C@H](C)Oc2ccc(-c3ccccc3)cc2)C2CC2)cc1. The predicted octanol–water partition coefficient (Wildman–Crippen LogP) is 4.67. The van der Waals surface area contributed by atoms with Gasteiger partial charge in [-0.3, -0.25) is 9.59 Å². The van der Waals surface area contributed by atoms with E-state index in [1.54, 1.807) is 26.1 Å². The smallest absolute Gasteiger partial charge is 0.263 e. The Morgan fingerprint density at radius 3 is 2.16 bits per heavy atom. The molecule has 4 rings (SSSR count). The van der Waals surface area contributed by atoms with Crippen LogP contribution in [0.5, 0.6) is 5.75 Å². The molecular weight excluding hydrogens is 400 g/mol. The molecule has 164 valence electrons. The summed E-state index contributed by atoms with van der Waals surface area (Å²) in [5, 5.41) is 2.62. The molecule has 0 unspecified atom stereocenters. The Morgan fingerprint density at radius 1 is 0.938 bits per heavy atom. The first-order valence-electron chi connectivity index (χ1n) is 11.0. The summed E-state index contributed by atoms with van der Waals surface area (Å²) in [7, 11) is 1.61. The Labute approximate surface area is 189 Å². The molecule has 1 saturated carbocycles. The third kappa shape index (κ3) is 5.17. The van der Waals surface area contributed by atoms with Gasteiger partial charge in [0.05, 0.1) is 0 Å². The predicted molar refractivity (Wildman–Crippen MR) is 125 cm³/mol. The molecule has 1 fully saturated rings. The van der Waals surface area contributed by atoms with Crippen molar-refractivity contribution in [3.63, 3.8) is 0 Å². The maximum Gasteiger partial charge on any atom is 0.263 e. The lowest BCUT2D eigenvalue weighted by molar-refractivity contribution is -0.139. The molecule has 2 amide bonds. The van der Waals surface area contributed by atoms with Gasteiger partial charge in [0.25, 0.3) is 11.8 Å². The quantitative estimate of drug-likeness (QED) is 0.567. The molecule has 3 aromatic rings. The van der Waals surface area contributed by atoms with Crippen LogP contribution in [0.4, 0.5) is 0 Å². The first-order chi connectivity index (χ1) is 15.5. The first kappa shape index (κ1) is 21.6. The standard InChI is InChI=1S/C27H28N2O3/c1-19(32-25-16-12-22(13-17-25)21-6-4-3-5-7-21)27(31)29(24-14-15-24)18-20-8-10-23(11-9-20)26(30)28-2/h3-13,16-17,19,24H,14-15,18H2,1-2H3,(H,28,30)/t19-/m0/s1. The van der Waals surface area contributed by atoms with E-state index < -0.39 is 6.10 Å². The van der Waals surface area contributed by atoms with E-state index in [-0.39, 0.29) is 17.9 Å². The van der Waals surface area contributed by atoms with E-state index >= 15 is 0 Å². The van der Waals surface area contributed by atoms with E-state index in [0.29, 0.717) is 17.9 Å². The molecule has 32 heavy (non-hydrogen) atoms. The van der Waals surface area contributed by atoms with Crippen LogP contribution < -0.4 is 10.1 Å². The van der Waals surface area contributed by atoms with Gasteiger partial charge in [0.15, 0.2) is 6.10 Å². The molecule has 1 aliphatic carbocycles. The van der Waals surface area contributed by atoms with Crippen molar-refractivity contribution >= 4 is 11.8 Å². The lowest BCUT2D eigenvalue weighted by Gasteiger charge is -2.26. The number of carbonyl (C=O) groups excluding carboxylic acids is 2. The average molecular weight is 429 g/mol. The van der Waals surface area contributed by atoms with Crippen molar-refractivity contribution in [3.8, 4) is 16.9 Å². The zero-order chi connectivity index (χ0) is 22.5. The molecule has 0 saturated heterocycles. The fourth-order valence-corrected chi connectivity index (χ4v) is 3.72. The number of rotatable bonds is 8. The third-order valence-corrected chi connectivity index (χ3v) is 5.69. The van der Waals surface area contributed by atoms with Crippen molar-refractivity contribution in [1.29, 1.82) is 0 Å². The molecule has 0 aliphatic heterocycles. The van der Waals surface area contributed by atoms with Gasteiger partial charge in [-0.2, -0.15) is 0 Å². The van der Waals surface area contributed by atoms with Gasteiger partial charge in [0, 0.05) is 25.2 Å². The summed E-state index contributed by atoms with van der Waals surface area (Å²) >= 11 is 0. The summed E-state index contributed by atoms with van der Waals surface area (Å²) in [4.78, 5) is 26.8. The second kappa shape index (κ2) is 9.69. The zero-order valence-electron chi connectivity index (χ0n) is 18.5. The third-order valence-electron chi connectivity index (χ3n) is 5.69. The van der Waals surface area contributed by atoms with Gasteiger partial charge in [-0.05, 0) is 60.7 Å². The van der Waals surface area contributed by atoms with Crippen LogP contribution in [0.2, 0.25) is 0 Å². The molecule has 5 nitrogen and oxygen atoms in total. The summed E-state index contributed by atoms with van der Waals surface area (Å²) < 4.78 is 5.98. The van der Waals surface area contributed by atoms with Crippen LogP contribution in [0.1, 0.15) is 35.7 Å². The molecule has 1 aliphatic rings. The Kier molecular flexibility index (Phi) is 6.55. The summed E-state index contributed by atoms with van der Waals surface area (Å²) in [6, 6.07) is 25.6. The van der Waals surface area contributed by atoms with Gasteiger partial charge in [0.1, 0.15) is 5.75 Å². The molecule has 0 bridgehead atoms. The topological polar surface area (TPSA) is 58.6 Å². The largest absolute Gasteiger partial charge is 0.481 e. The van der Waals surface area contributed by atoms with Crippen LogP contribution in [0.15, 0.2) is 78.9 Å². The van der Waals surface area contributed by atoms with Crippen molar-refractivity contribution < 1.29 is 14.3 Å². The molecular formula is C27H28N2O3. The van der Waals surface area contributed by atoms with Crippen molar-refractivity contribution in [1.82, 2.24) is 10.2 Å². The van der Waals surface area contributed by atoms with Crippen molar-refractivity contribution in [2.75, 3.05) is 7.05 Å². The number of nitrogens with one attached hydrogen (secondary N) is 1. The van der Waals surface area contributed by atoms with Crippen molar-refractivity contribution in [3.05, 3.63) is 90.0 Å². The van der Waals surface area contributed by atoms with E-state index in [2.05, 4.69) is 17.4 Å². The number of benzene rings is 3. The maximum atomic E-state index is 13.2. The van der Waals surface area contributed by atoms with Gasteiger partial charge >= 0.3 is 0 Å². The normalized spacial score (nSPS) is 13.8. The Hall–Kier alpha value is -3.60. The summed E-state index contributed by atoms with van der Waals surface area (Å²) in [6.45, 7) is 2.32. The van der Waals surface area contributed by atoms with Crippen LogP contribution in [-0.4, -0.2) is 35.9 Å². The molecule has 0 spiro atoms. The molecule has 0 aromatic heterocycles. The van der Waals surface area contributed by atoms with Gasteiger partial charge in [-0.15, -0.1) is 0 Å². The highest BCUT2D eigenvalue weighted by Gasteiger charge is 2.35. The van der Waals surface area contributed by atoms with Crippen LogP contribution in [0.3, 0.4) is 0 Å². The highest BCUT2D eigenvalue weighted by atomic mass is 16.5.